The molecule has 0 saturated heterocycles. The van der Waals surface area contributed by atoms with Crippen molar-refractivity contribution in [2.45, 2.75) is 6.61 Å². The van der Waals surface area contributed by atoms with Gasteiger partial charge in [-0.25, -0.2) is 4.98 Å². The lowest BCUT2D eigenvalue weighted by Gasteiger charge is -2.08. The number of carbonyl (C=O) groups excluding carboxylic acids is 1. The number of ether oxygens (including phenoxy) is 1. The van der Waals surface area contributed by atoms with Gasteiger partial charge in [-0.05, 0) is 23.6 Å². The largest absolute Gasteiger partial charge is 0.444 e. The Kier molecular flexibility index (Phi) is 4.33. The molecule has 2 aromatic heterocycles. The van der Waals surface area contributed by atoms with Crippen LogP contribution in [0.25, 0.3) is 11.3 Å². The van der Waals surface area contributed by atoms with Crippen LogP contribution >= 0.6 is 11.3 Å². The second-order valence-electron chi connectivity index (χ2n) is 4.39. The van der Waals surface area contributed by atoms with E-state index in [1.165, 1.54) is 17.8 Å². The van der Waals surface area contributed by atoms with Gasteiger partial charge in [0.05, 0.1) is 6.20 Å². The van der Waals surface area contributed by atoms with Crippen molar-refractivity contribution in [3.05, 3.63) is 53.2 Å². The fourth-order valence-corrected chi connectivity index (χ4v) is 2.67. The van der Waals surface area contributed by atoms with Gasteiger partial charge in [-0.15, -0.1) is 11.3 Å². The van der Waals surface area contributed by atoms with Crippen LogP contribution in [-0.4, -0.2) is 17.5 Å². The van der Waals surface area contributed by atoms with Crippen molar-refractivity contribution in [1.82, 2.24) is 4.98 Å². The minimum Gasteiger partial charge on any atom is -0.444 e. The molecule has 1 N–H and O–H groups in total. The van der Waals surface area contributed by atoms with Crippen LogP contribution in [0.1, 0.15) is 9.67 Å². The topological polar surface area (TPSA) is 64.4 Å². The van der Waals surface area contributed by atoms with Crippen LogP contribution < -0.4 is 10.1 Å². The molecule has 0 aliphatic rings. The first-order chi connectivity index (χ1) is 11.1. The Morgan fingerprint density at radius 1 is 1.35 bits per heavy atom. The second kappa shape index (κ2) is 6.57. The van der Waals surface area contributed by atoms with Crippen molar-refractivity contribution < 1.29 is 22.7 Å². The molecule has 0 atom stereocenters. The molecule has 5 nitrogen and oxygen atoms in total. The Morgan fingerprint density at radius 2 is 2.22 bits per heavy atom. The minimum absolute atomic E-state index is 0.0790. The molecule has 0 aliphatic carbocycles. The molecular formula is C15H10F2N2O3S. The van der Waals surface area contributed by atoms with E-state index in [-0.39, 0.29) is 10.6 Å². The maximum atomic E-state index is 12.3. The van der Waals surface area contributed by atoms with Crippen molar-refractivity contribution in [3.8, 4) is 17.1 Å². The van der Waals surface area contributed by atoms with Crippen LogP contribution in [0.2, 0.25) is 0 Å². The lowest BCUT2D eigenvalue weighted by Crippen LogP contribution is -2.13. The molecule has 118 valence electrons. The van der Waals surface area contributed by atoms with E-state index in [2.05, 4.69) is 15.0 Å². The van der Waals surface area contributed by atoms with E-state index in [9.17, 15) is 13.6 Å². The predicted molar refractivity (Wildman–Crippen MR) is 80.8 cm³/mol. The van der Waals surface area contributed by atoms with Crippen LogP contribution in [0.15, 0.2) is 52.7 Å². The fraction of sp³-hybridized carbons (Fsp3) is 0.0667. The first-order valence-corrected chi connectivity index (χ1v) is 7.34. The Bertz CT molecular complexity index is 803. The van der Waals surface area contributed by atoms with Gasteiger partial charge in [0.25, 0.3) is 5.91 Å². The number of aromatic nitrogens is 1. The van der Waals surface area contributed by atoms with Crippen molar-refractivity contribution >= 4 is 22.9 Å². The third-order valence-electron chi connectivity index (χ3n) is 2.89. The molecule has 0 aliphatic heterocycles. The van der Waals surface area contributed by atoms with Gasteiger partial charge in [0.2, 0.25) is 0 Å². The summed E-state index contributed by atoms with van der Waals surface area (Å²) in [4.78, 5) is 16.1. The van der Waals surface area contributed by atoms with Gasteiger partial charge in [0.1, 0.15) is 10.6 Å². The minimum atomic E-state index is -2.98. The quantitative estimate of drug-likeness (QED) is 0.756. The molecule has 3 aromatic rings. The molecule has 8 heteroatoms. The monoisotopic (exact) mass is 336 g/mol. The third-order valence-corrected chi connectivity index (χ3v) is 3.78. The summed E-state index contributed by atoms with van der Waals surface area (Å²) in [5.41, 5.74) is 1.23. The number of hydrogen-bond donors (Lipinski definition) is 1. The van der Waals surface area contributed by atoms with E-state index in [0.29, 0.717) is 11.4 Å². The van der Waals surface area contributed by atoms with Crippen LogP contribution in [0.3, 0.4) is 0 Å². The first kappa shape index (κ1) is 15.2. The molecule has 1 aromatic carbocycles. The van der Waals surface area contributed by atoms with Crippen molar-refractivity contribution in [3.63, 3.8) is 0 Å². The molecule has 23 heavy (non-hydrogen) atoms. The number of alkyl halides is 2. The summed E-state index contributed by atoms with van der Waals surface area (Å²) in [6.45, 7) is -2.98. The van der Waals surface area contributed by atoms with E-state index in [0.717, 1.165) is 16.9 Å². The van der Waals surface area contributed by atoms with Gasteiger partial charge in [0, 0.05) is 11.3 Å². The summed E-state index contributed by atoms with van der Waals surface area (Å²) in [5, 5.41) is 4.16. The highest BCUT2D eigenvalue weighted by Gasteiger charge is 2.17. The van der Waals surface area contributed by atoms with Gasteiger partial charge in [-0.1, -0.05) is 12.1 Å². The van der Waals surface area contributed by atoms with Crippen LogP contribution in [0.5, 0.6) is 5.75 Å². The Hall–Kier alpha value is -2.74. The van der Waals surface area contributed by atoms with Gasteiger partial charge in [-0.2, -0.15) is 8.78 Å². The fourth-order valence-electron chi connectivity index (χ4n) is 1.95. The number of halogens is 2. The summed E-state index contributed by atoms with van der Waals surface area (Å²) in [6.07, 6.45) is 2.86. The smallest absolute Gasteiger partial charge is 0.387 e. The molecule has 2 heterocycles. The molecule has 0 saturated carbocycles. The van der Waals surface area contributed by atoms with Gasteiger partial charge < -0.3 is 14.5 Å². The molecule has 3 rings (SSSR count). The molecular weight excluding hydrogens is 326 g/mol. The highest BCUT2D eigenvalue weighted by atomic mass is 32.1. The number of benzene rings is 1. The zero-order chi connectivity index (χ0) is 16.2. The first-order valence-electron chi connectivity index (χ1n) is 6.46. The number of thiophene rings is 1. The Morgan fingerprint density at radius 3 is 2.96 bits per heavy atom. The number of amides is 1. The lowest BCUT2D eigenvalue weighted by molar-refractivity contribution is -0.0498. The Balaban J connectivity index is 1.78. The number of hydrogen-bond acceptors (Lipinski definition) is 5. The Labute approximate surface area is 133 Å². The number of anilines is 1. The number of nitrogens with zero attached hydrogens (tertiary/aromatic N) is 1. The summed E-state index contributed by atoms with van der Waals surface area (Å²) >= 11 is 1.02. The van der Waals surface area contributed by atoms with E-state index in [4.69, 9.17) is 4.42 Å². The van der Waals surface area contributed by atoms with Crippen LogP contribution in [0, 0.1) is 0 Å². The predicted octanol–water partition coefficient (Wildman–Crippen LogP) is 4.26. The summed E-state index contributed by atoms with van der Waals surface area (Å²) in [5.74, 6) is -0.113. The molecule has 0 radical (unpaired) electrons. The van der Waals surface area contributed by atoms with Crippen LogP contribution in [-0.2, 0) is 0 Å². The van der Waals surface area contributed by atoms with E-state index in [1.54, 1.807) is 30.5 Å². The standard InChI is InChI=1S/C15H10F2N2O3S/c16-15(17)22-11-4-5-23-13(11)14(20)19-10-3-1-2-9(6-10)12-7-18-8-21-12/h1-8,15H,(H,19,20). The average molecular weight is 336 g/mol. The van der Waals surface area contributed by atoms with Crippen LogP contribution in [0.4, 0.5) is 14.5 Å². The van der Waals surface area contributed by atoms with Crippen molar-refractivity contribution in [2.75, 3.05) is 5.32 Å². The normalized spacial score (nSPS) is 10.7. The highest BCUT2D eigenvalue weighted by Crippen LogP contribution is 2.28. The zero-order valence-electron chi connectivity index (χ0n) is 11.5. The maximum Gasteiger partial charge on any atom is 0.387 e. The number of carbonyl (C=O) groups is 1. The van der Waals surface area contributed by atoms with Gasteiger partial charge in [0.15, 0.2) is 12.2 Å². The lowest BCUT2D eigenvalue weighted by atomic mass is 10.1. The SMILES string of the molecule is O=C(Nc1cccc(-c2cnco2)c1)c1sccc1OC(F)F. The van der Waals surface area contributed by atoms with Crippen molar-refractivity contribution in [2.24, 2.45) is 0 Å². The molecule has 0 unspecified atom stereocenters. The zero-order valence-corrected chi connectivity index (χ0v) is 12.3. The van der Waals surface area contributed by atoms with Gasteiger partial charge in [-0.3, -0.25) is 4.79 Å². The average Bonchev–Trinajstić information content (AvgIpc) is 3.18. The summed E-state index contributed by atoms with van der Waals surface area (Å²) in [6, 6.07) is 8.24. The highest BCUT2D eigenvalue weighted by molar-refractivity contribution is 7.12. The molecule has 1 amide bonds. The summed E-state index contributed by atoms with van der Waals surface area (Å²) < 4.78 is 34.1. The number of rotatable bonds is 5. The molecule has 0 bridgehead atoms. The van der Waals surface area contributed by atoms with E-state index >= 15 is 0 Å². The van der Waals surface area contributed by atoms with Gasteiger partial charge >= 0.3 is 6.61 Å². The summed E-state index contributed by atoms with van der Waals surface area (Å²) in [7, 11) is 0. The maximum absolute atomic E-state index is 12.3. The molecule has 0 fully saturated rings. The number of oxazole rings is 1. The number of nitrogens with one attached hydrogen (secondary N) is 1. The second-order valence-corrected chi connectivity index (χ2v) is 5.31. The third kappa shape index (κ3) is 3.54. The van der Waals surface area contributed by atoms with E-state index < -0.39 is 12.5 Å². The van der Waals surface area contributed by atoms with E-state index in [1.807, 2.05) is 0 Å². The molecule has 0 spiro atoms. The van der Waals surface area contributed by atoms with Crippen molar-refractivity contribution in [1.29, 1.82) is 0 Å².